The maximum Gasteiger partial charge on any atom is 0.198 e. The minimum absolute atomic E-state index is 0.0223. The van der Waals surface area contributed by atoms with Crippen molar-refractivity contribution in [2.75, 3.05) is 11.9 Å². The Hall–Kier alpha value is -1.91. The first-order chi connectivity index (χ1) is 9.41. The monoisotopic (exact) mass is 273 g/mol. The van der Waals surface area contributed by atoms with Gasteiger partial charge in [0.15, 0.2) is 11.6 Å². The molecule has 0 atom stereocenters. The fourth-order valence-electron chi connectivity index (χ4n) is 1.86. The molecule has 0 amide bonds. The third-order valence-corrected chi connectivity index (χ3v) is 3.07. The van der Waals surface area contributed by atoms with Crippen LogP contribution < -0.4 is 5.32 Å². The SMILES string of the molecule is CCCNc1cc(C(C)(C)C)nc(-c2nccn2C)n1. The van der Waals surface area contributed by atoms with E-state index in [4.69, 9.17) is 0 Å². The fourth-order valence-corrected chi connectivity index (χ4v) is 1.86. The topological polar surface area (TPSA) is 55.6 Å². The molecule has 0 aromatic carbocycles. The molecule has 0 aliphatic carbocycles. The second-order valence-electron chi connectivity index (χ2n) is 6.00. The Morgan fingerprint density at radius 1 is 1.25 bits per heavy atom. The van der Waals surface area contributed by atoms with Crippen molar-refractivity contribution in [1.29, 1.82) is 0 Å². The standard InChI is InChI=1S/C15H23N5/c1-6-7-16-12-10-11(15(2,3)4)18-13(19-12)14-17-8-9-20(14)5/h8-10H,6-7H2,1-5H3,(H,16,18,19). The number of rotatable bonds is 4. The van der Waals surface area contributed by atoms with Crippen LogP contribution in [0.15, 0.2) is 18.5 Å². The summed E-state index contributed by atoms with van der Waals surface area (Å²) < 4.78 is 1.94. The zero-order valence-electron chi connectivity index (χ0n) is 12.9. The molecule has 1 N–H and O–H groups in total. The maximum atomic E-state index is 4.68. The predicted molar refractivity (Wildman–Crippen MR) is 81.7 cm³/mol. The zero-order valence-corrected chi connectivity index (χ0v) is 12.9. The molecule has 5 nitrogen and oxygen atoms in total. The van der Waals surface area contributed by atoms with E-state index in [-0.39, 0.29) is 5.41 Å². The molecule has 2 aromatic heterocycles. The van der Waals surface area contributed by atoms with Gasteiger partial charge in [-0.25, -0.2) is 15.0 Å². The number of anilines is 1. The summed E-state index contributed by atoms with van der Waals surface area (Å²) in [6, 6.07) is 2.03. The van der Waals surface area contributed by atoms with Gasteiger partial charge < -0.3 is 9.88 Å². The quantitative estimate of drug-likeness (QED) is 0.930. The Labute approximate surface area is 120 Å². The minimum Gasteiger partial charge on any atom is -0.370 e. The second kappa shape index (κ2) is 5.61. The van der Waals surface area contributed by atoms with Crippen LogP contribution in [0.25, 0.3) is 11.6 Å². The molecule has 0 bridgehead atoms. The normalized spacial score (nSPS) is 11.7. The van der Waals surface area contributed by atoms with Crippen LogP contribution in [-0.4, -0.2) is 26.1 Å². The van der Waals surface area contributed by atoms with Crippen LogP contribution in [0, 0.1) is 0 Å². The highest BCUT2D eigenvalue weighted by atomic mass is 15.1. The molecule has 0 aliphatic heterocycles. The molecule has 2 heterocycles. The van der Waals surface area contributed by atoms with E-state index in [1.807, 2.05) is 23.9 Å². The van der Waals surface area contributed by atoms with E-state index in [1.54, 1.807) is 6.20 Å². The Balaban J connectivity index is 2.48. The summed E-state index contributed by atoms with van der Waals surface area (Å²) in [4.78, 5) is 13.6. The molecule has 2 aromatic rings. The van der Waals surface area contributed by atoms with Gasteiger partial charge in [-0.15, -0.1) is 0 Å². The van der Waals surface area contributed by atoms with E-state index in [0.29, 0.717) is 5.82 Å². The first-order valence-electron chi connectivity index (χ1n) is 7.03. The van der Waals surface area contributed by atoms with Gasteiger partial charge >= 0.3 is 0 Å². The predicted octanol–water partition coefficient (Wildman–Crippen LogP) is 3.00. The highest BCUT2D eigenvalue weighted by Gasteiger charge is 2.19. The lowest BCUT2D eigenvalue weighted by atomic mass is 9.92. The first kappa shape index (κ1) is 14.5. The van der Waals surface area contributed by atoms with E-state index in [9.17, 15) is 0 Å². The first-order valence-corrected chi connectivity index (χ1v) is 7.03. The van der Waals surface area contributed by atoms with Crippen LogP contribution in [0.1, 0.15) is 39.8 Å². The van der Waals surface area contributed by atoms with Gasteiger partial charge in [0.05, 0.1) is 5.69 Å². The van der Waals surface area contributed by atoms with Crippen molar-refractivity contribution in [3.8, 4) is 11.6 Å². The molecule has 0 radical (unpaired) electrons. The molecular formula is C15H23N5. The minimum atomic E-state index is -0.0223. The summed E-state index contributed by atoms with van der Waals surface area (Å²) in [6.45, 7) is 9.50. The van der Waals surface area contributed by atoms with Gasteiger partial charge in [0, 0.05) is 37.5 Å². The average molecular weight is 273 g/mol. The Bertz CT molecular complexity index is 580. The van der Waals surface area contributed by atoms with Crippen molar-refractivity contribution in [1.82, 2.24) is 19.5 Å². The van der Waals surface area contributed by atoms with Gasteiger partial charge in [-0.2, -0.15) is 0 Å². The number of imidazole rings is 1. The van der Waals surface area contributed by atoms with Crippen LogP contribution in [0.5, 0.6) is 0 Å². The fraction of sp³-hybridized carbons (Fsp3) is 0.533. The smallest absolute Gasteiger partial charge is 0.198 e. The van der Waals surface area contributed by atoms with Crippen LogP contribution in [0.4, 0.5) is 5.82 Å². The van der Waals surface area contributed by atoms with E-state index >= 15 is 0 Å². The highest BCUT2D eigenvalue weighted by molar-refractivity contribution is 5.50. The summed E-state index contributed by atoms with van der Waals surface area (Å²) in [6.07, 6.45) is 4.73. The van der Waals surface area contributed by atoms with Crippen molar-refractivity contribution in [3.63, 3.8) is 0 Å². The number of hydrogen-bond donors (Lipinski definition) is 1. The third kappa shape index (κ3) is 3.15. The number of aryl methyl sites for hydroxylation is 1. The lowest BCUT2D eigenvalue weighted by Gasteiger charge is -2.19. The van der Waals surface area contributed by atoms with Gasteiger partial charge in [0.1, 0.15) is 5.82 Å². The van der Waals surface area contributed by atoms with Crippen LogP contribution in [0.2, 0.25) is 0 Å². The summed E-state index contributed by atoms with van der Waals surface area (Å²) in [7, 11) is 1.95. The largest absolute Gasteiger partial charge is 0.370 e. The molecule has 2 rings (SSSR count). The summed E-state index contributed by atoms with van der Waals surface area (Å²) >= 11 is 0. The van der Waals surface area contributed by atoms with Gasteiger partial charge in [-0.1, -0.05) is 27.7 Å². The Morgan fingerprint density at radius 3 is 2.55 bits per heavy atom. The summed E-state index contributed by atoms with van der Waals surface area (Å²) in [5, 5.41) is 3.34. The average Bonchev–Trinajstić information content (AvgIpc) is 2.81. The van der Waals surface area contributed by atoms with Crippen LogP contribution in [0.3, 0.4) is 0 Å². The second-order valence-corrected chi connectivity index (χ2v) is 6.00. The van der Waals surface area contributed by atoms with E-state index in [1.165, 1.54) is 0 Å². The number of aromatic nitrogens is 4. The van der Waals surface area contributed by atoms with Crippen LogP contribution >= 0.6 is 0 Å². The molecule has 0 unspecified atom stereocenters. The molecule has 0 saturated heterocycles. The Morgan fingerprint density at radius 2 is 2.00 bits per heavy atom. The maximum absolute atomic E-state index is 4.68. The highest BCUT2D eigenvalue weighted by Crippen LogP contribution is 2.25. The van der Waals surface area contributed by atoms with Crippen molar-refractivity contribution < 1.29 is 0 Å². The van der Waals surface area contributed by atoms with E-state index in [0.717, 1.165) is 30.3 Å². The molecule has 0 aliphatic rings. The molecule has 0 fully saturated rings. The lowest BCUT2D eigenvalue weighted by molar-refractivity contribution is 0.567. The molecule has 0 spiro atoms. The van der Waals surface area contributed by atoms with Gasteiger partial charge in [-0.3, -0.25) is 0 Å². The van der Waals surface area contributed by atoms with Gasteiger partial charge in [0.25, 0.3) is 0 Å². The number of hydrogen-bond acceptors (Lipinski definition) is 4. The summed E-state index contributed by atoms with van der Waals surface area (Å²) in [5.74, 6) is 2.32. The molecule has 108 valence electrons. The number of nitrogens with one attached hydrogen (secondary N) is 1. The number of nitrogens with zero attached hydrogens (tertiary/aromatic N) is 4. The lowest BCUT2D eigenvalue weighted by Crippen LogP contribution is -2.16. The van der Waals surface area contributed by atoms with Crippen LogP contribution in [-0.2, 0) is 12.5 Å². The van der Waals surface area contributed by atoms with Gasteiger partial charge in [-0.05, 0) is 6.42 Å². The molecular weight excluding hydrogens is 250 g/mol. The van der Waals surface area contributed by atoms with Crippen molar-refractivity contribution in [2.45, 2.75) is 39.5 Å². The van der Waals surface area contributed by atoms with E-state index < -0.39 is 0 Å². The summed E-state index contributed by atoms with van der Waals surface area (Å²) in [5.41, 5.74) is 0.995. The van der Waals surface area contributed by atoms with Gasteiger partial charge in [0.2, 0.25) is 0 Å². The van der Waals surface area contributed by atoms with E-state index in [2.05, 4.69) is 48.0 Å². The molecule has 0 saturated carbocycles. The zero-order chi connectivity index (χ0) is 14.8. The van der Waals surface area contributed by atoms with Crippen molar-refractivity contribution in [3.05, 3.63) is 24.2 Å². The van der Waals surface area contributed by atoms with Crippen molar-refractivity contribution >= 4 is 5.82 Å². The van der Waals surface area contributed by atoms with Crippen molar-refractivity contribution in [2.24, 2.45) is 7.05 Å². The third-order valence-electron chi connectivity index (χ3n) is 3.07. The molecule has 20 heavy (non-hydrogen) atoms. The molecule has 5 heteroatoms. The Kier molecular flexibility index (Phi) is 4.06.